The van der Waals surface area contributed by atoms with Gasteiger partial charge in [-0.05, 0) is 13.3 Å². The maximum atomic E-state index is 5.48. The molecule has 1 unspecified atom stereocenters. The molecule has 4 nitrogen and oxygen atoms in total. The van der Waals surface area contributed by atoms with Crippen LogP contribution in [0.5, 0.6) is 0 Å². The SMILES string of the molecule is [CH-]=CC(CCC1(C)OCCO1)OCOC.[Li+]. The third-order valence-electron chi connectivity index (χ3n) is 2.40. The Balaban J connectivity index is 0.00000225. The summed E-state index contributed by atoms with van der Waals surface area (Å²) in [5.41, 5.74) is 0. The fourth-order valence-electron chi connectivity index (χ4n) is 1.50. The van der Waals surface area contributed by atoms with E-state index in [-0.39, 0.29) is 31.8 Å². The Bertz CT molecular complexity index is 192. The van der Waals surface area contributed by atoms with Gasteiger partial charge in [0.2, 0.25) is 0 Å². The van der Waals surface area contributed by atoms with Gasteiger partial charge in [-0.1, -0.05) is 0 Å². The minimum Gasteiger partial charge on any atom is -0.515 e. The molecule has 0 aliphatic carbocycles. The molecule has 1 aliphatic rings. The van der Waals surface area contributed by atoms with Crippen molar-refractivity contribution in [1.29, 1.82) is 0 Å². The van der Waals surface area contributed by atoms with Crippen molar-refractivity contribution in [2.75, 3.05) is 27.1 Å². The fourth-order valence-corrected chi connectivity index (χ4v) is 1.50. The van der Waals surface area contributed by atoms with Crippen LogP contribution in [0.25, 0.3) is 0 Å². The van der Waals surface area contributed by atoms with Crippen molar-refractivity contribution >= 4 is 0 Å². The third kappa shape index (κ3) is 5.49. The van der Waals surface area contributed by atoms with E-state index in [1.807, 2.05) is 6.92 Å². The second-order valence-corrected chi connectivity index (χ2v) is 3.67. The molecule has 1 aliphatic heterocycles. The fraction of sp³-hybridized carbons (Fsp3) is 0.818. The molecule has 0 N–H and O–H groups in total. The van der Waals surface area contributed by atoms with Gasteiger partial charge in [0.25, 0.3) is 0 Å². The van der Waals surface area contributed by atoms with E-state index in [4.69, 9.17) is 25.5 Å². The van der Waals surface area contributed by atoms with Crippen LogP contribution in [-0.2, 0) is 18.9 Å². The molecule has 1 heterocycles. The predicted octanol–water partition coefficient (Wildman–Crippen LogP) is -1.49. The first kappa shape index (κ1) is 16.2. The summed E-state index contributed by atoms with van der Waals surface area (Å²) in [4.78, 5) is 0. The average Bonchev–Trinajstić information content (AvgIpc) is 2.66. The molecule has 0 radical (unpaired) electrons. The van der Waals surface area contributed by atoms with E-state index in [1.54, 1.807) is 7.11 Å². The van der Waals surface area contributed by atoms with E-state index >= 15 is 0 Å². The molecule has 1 atom stereocenters. The van der Waals surface area contributed by atoms with Crippen molar-refractivity contribution in [2.45, 2.75) is 31.7 Å². The molecule has 0 aromatic rings. The first-order chi connectivity index (χ1) is 7.20. The van der Waals surface area contributed by atoms with Crippen LogP contribution in [0.4, 0.5) is 0 Å². The van der Waals surface area contributed by atoms with Crippen molar-refractivity contribution in [3.8, 4) is 0 Å². The molecule has 0 aromatic heterocycles. The Morgan fingerprint density at radius 2 is 2.06 bits per heavy atom. The van der Waals surface area contributed by atoms with Gasteiger partial charge in [-0.15, -0.1) is 0 Å². The van der Waals surface area contributed by atoms with E-state index in [0.717, 1.165) is 12.8 Å². The monoisotopic (exact) mass is 222 g/mol. The summed E-state index contributed by atoms with van der Waals surface area (Å²) < 4.78 is 21.1. The summed E-state index contributed by atoms with van der Waals surface area (Å²) in [5.74, 6) is -0.475. The predicted molar refractivity (Wildman–Crippen MR) is 55.2 cm³/mol. The van der Waals surface area contributed by atoms with Crippen LogP contribution < -0.4 is 18.9 Å². The Kier molecular flexibility index (Phi) is 8.39. The van der Waals surface area contributed by atoms with Gasteiger partial charge in [-0.3, -0.25) is 0 Å². The number of ether oxygens (including phenoxy) is 4. The number of methoxy groups -OCH3 is 1. The molecule has 0 aromatic carbocycles. The Hall–Kier alpha value is 0.177. The average molecular weight is 222 g/mol. The van der Waals surface area contributed by atoms with Gasteiger partial charge in [0, 0.05) is 19.6 Å². The van der Waals surface area contributed by atoms with Crippen LogP contribution in [0.2, 0.25) is 0 Å². The van der Waals surface area contributed by atoms with Crippen molar-refractivity contribution in [3.63, 3.8) is 0 Å². The summed E-state index contributed by atoms with van der Waals surface area (Å²) in [6, 6.07) is 0. The van der Waals surface area contributed by atoms with Crippen molar-refractivity contribution in [3.05, 3.63) is 12.7 Å². The molecule has 0 saturated carbocycles. The molecule has 1 fully saturated rings. The second kappa shape index (κ2) is 8.29. The zero-order chi connectivity index (χ0) is 11.1. The van der Waals surface area contributed by atoms with E-state index in [9.17, 15) is 0 Å². The molecule has 1 saturated heterocycles. The summed E-state index contributed by atoms with van der Waals surface area (Å²) in [6.07, 6.45) is 2.93. The summed E-state index contributed by atoms with van der Waals surface area (Å²) in [7, 11) is 1.58. The van der Waals surface area contributed by atoms with Crippen molar-refractivity contribution < 1.29 is 37.8 Å². The van der Waals surface area contributed by atoms with E-state index in [2.05, 4.69) is 0 Å². The van der Waals surface area contributed by atoms with Gasteiger partial charge in [-0.25, -0.2) is 6.08 Å². The van der Waals surface area contributed by atoms with Crippen LogP contribution in [0.15, 0.2) is 6.08 Å². The van der Waals surface area contributed by atoms with Gasteiger partial charge >= 0.3 is 18.9 Å². The molecule has 5 heteroatoms. The van der Waals surface area contributed by atoms with Crippen molar-refractivity contribution in [1.82, 2.24) is 0 Å². The topological polar surface area (TPSA) is 36.9 Å². The minimum atomic E-state index is -0.475. The van der Waals surface area contributed by atoms with E-state index < -0.39 is 5.79 Å². The van der Waals surface area contributed by atoms with E-state index in [0.29, 0.717) is 13.2 Å². The third-order valence-corrected chi connectivity index (χ3v) is 2.40. The summed E-state index contributed by atoms with van der Waals surface area (Å²) in [6.45, 7) is 8.95. The van der Waals surface area contributed by atoms with Crippen LogP contribution >= 0.6 is 0 Å². The van der Waals surface area contributed by atoms with Crippen molar-refractivity contribution in [2.24, 2.45) is 0 Å². The minimum absolute atomic E-state index is 0. The van der Waals surface area contributed by atoms with Gasteiger partial charge in [0.05, 0.1) is 13.2 Å². The van der Waals surface area contributed by atoms with Crippen LogP contribution in [0.1, 0.15) is 19.8 Å². The maximum absolute atomic E-state index is 5.48. The zero-order valence-corrected chi connectivity index (χ0v) is 10.4. The largest absolute Gasteiger partial charge is 1.00 e. The molecule has 0 amide bonds. The van der Waals surface area contributed by atoms with Crippen LogP contribution in [0, 0.1) is 6.58 Å². The number of hydrogen-bond acceptors (Lipinski definition) is 4. The summed E-state index contributed by atoms with van der Waals surface area (Å²) in [5, 5.41) is 0. The number of rotatable bonds is 7. The maximum Gasteiger partial charge on any atom is 1.00 e. The Labute approximate surface area is 109 Å². The Morgan fingerprint density at radius 1 is 1.44 bits per heavy atom. The standard InChI is InChI=1S/C11H19O4.Li/c1-4-10(13-9-12-3)5-6-11(2)14-7-8-15-11;/h1,4,10H,5-9H2,2-3H3;/q-1;+1. The molecule has 0 spiro atoms. The van der Waals surface area contributed by atoms with Crippen LogP contribution in [0.3, 0.4) is 0 Å². The molecular weight excluding hydrogens is 203 g/mol. The quantitative estimate of drug-likeness (QED) is 0.299. The molecule has 1 rings (SSSR count). The molecule has 88 valence electrons. The number of hydrogen-bond donors (Lipinski definition) is 0. The zero-order valence-electron chi connectivity index (χ0n) is 10.4. The normalized spacial score (nSPS) is 20.1. The van der Waals surface area contributed by atoms with Gasteiger partial charge < -0.3 is 25.5 Å². The molecule has 16 heavy (non-hydrogen) atoms. The first-order valence-electron chi connectivity index (χ1n) is 5.14. The van der Waals surface area contributed by atoms with Gasteiger partial charge in [-0.2, -0.15) is 0 Å². The first-order valence-corrected chi connectivity index (χ1v) is 5.14. The van der Waals surface area contributed by atoms with Gasteiger partial charge in [0.1, 0.15) is 6.79 Å². The van der Waals surface area contributed by atoms with Crippen LogP contribution in [-0.4, -0.2) is 39.0 Å². The Morgan fingerprint density at radius 3 is 2.56 bits per heavy atom. The smallest absolute Gasteiger partial charge is 0.515 e. The molecular formula is C11H19LiO4. The van der Waals surface area contributed by atoms with E-state index in [1.165, 1.54) is 6.08 Å². The molecule has 0 bridgehead atoms. The second-order valence-electron chi connectivity index (χ2n) is 3.67. The summed E-state index contributed by atoms with van der Waals surface area (Å²) >= 11 is 0. The van der Waals surface area contributed by atoms with Gasteiger partial charge in [0.15, 0.2) is 5.79 Å².